The van der Waals surface area contributed by atoms with Crippen LogP contribution in [0.25, 0.3) is 0 Å². The van der Waals surface area contributed by atoms with Crippen LogP contribution in [0.2, 0.25) is 0 Å². The second-order valence-electron chi connectivity index (χ2n) is 6.98. The highest BCUT2D eigenvalue weighted by atomic mass is 32.1. The maximum Gasteiger partial charge on any atom is 0.240 e. The number of amides is 2. The van der Waals surface area contributed by atoms with Crippen molar-refractivity contribution < 1.29 is 9.59 Å². The van der Waals surface area contributed by atoms with Gasteiger partial charge in [0.05, 0.1) is 12.1 Å². The molecule has 1 aliphatic heterocycles. The topological polar surface area (TPSA) is 74.3 Å². The molecule has 0 saturated carbocycles. The van der Waals surface area contributed by atoms with Gasteiger partial charge in [0.1, 0.15) is 11.0 Å². The number of nitrogens with one attached hydrogen (secondary N) is 2. The number of hydrogen-bond acceptors (Lipinski definition) is 5. The van der Waals surface area contributed by atoms with Gasteiger partial charge in [0.25, 0.3) is 0 Å². The Morgan fingerprint density at radius 1 is 1.41 bits per heavy atom. The monoisotopic (exact) mass is 386 g/mol. The fourth-order valence-electron chi connectivity index (χ4n) is 3.59. The smallest absolute Gasteiger partial charge is 0.240 e. The molecule has 0 unspecified atom stereocenters. The van der Waals surface area contributed by atoms with Crippen molar-refractivity contribution in [3.05, 3.63) is 52.5 Å². The molecule has 1 aromatic carbocycles. The highest BCUT2D eigenvalue weighted by Crippen LogP contribution is 2.26. The summed E-state index contributed by atoms with van der Waals surface area (Å²) in [6.07, 6.45) is 3.35. The van der Waals surface area contributed by atoms with E-state index >= 15 is 0 Å². The number of thiazole rings is 1. The standard InChI is InChI=1S/C20H26N4O2S/c1-3-9-20(2)19(26)22-10-12-24(20)14-16(25)23-17(18-21-11-13-27-18)15-7-5-4-6-8-15/h4-8,11,13,17H,3,9-10,12,14H2,1-2H3,(H,22,26)(H,23,25)/t17-,20-/m0/s1. The van der Waals surface area contributed by atoms with E-state index in [1.165, 1.54) is 11.3 Å². The van der Waals surface area contributed by atoms with E-state index in [1.807, 2.05) is 47.5 Å². The van der Waals surface area contributed by atoms with Crippen LogP contribution in [0, 0.1) is 0 Å². The average molecular weight is 387 g/mol. The normalized spacial score (nSPS) is 21.5. The number of benzene rings is 1. The summed E-state index contributed by atoms with van der Waals surface area (Å²) < 4.78 is 0. The molecule has 2 atom stereocenters. The molecule has 0 bridgehead atoms. The average Bonchev–Trinajstić information content (AvgIpc) is 3.19. The van der Waals surface area contributed by atoms with Gasteiger partial charge in [0.2, 0.25) is 11.8 Å². The SMILES string of the molecule is CCC[C@@]1(C)C(=O)NCCN1CC(=O)N[C@@H](c1ccccc1)c1nccs1. The first kappa shape index (κ1) is 19.5. The first-order valence-corrected chi connectivity index (χ1v) is 10.2. The van der Waals surface area contributed by atoms with E-state index in [0.29, 0.717) is 13.1 Å². The van der Waals surface area contributed by atoms with E-state index in [9.17, 15) is 9.59 Å². The van der Waals surface area contributed by atoms with E-state index in [2.05, 4.69) is 22.5 Å². The molecule has 2 N–H and O–H groups in total. The van der Waals surface area contributed by atoms with Crippen LogP contribution in [0.1, 0.15) is 43.3 Å². The molecule has 7 heteroatoms. The Balaban J connectivity index is 1.75. The molecular formula is C20H26N4O2S. The third-order valence-electron chi connectivity index (χ3n) is 5.06. The Morgan fingerprint density at radius 3 is 2.85 bits per heavy atom. The molecule has 0 aliphatic carbocycles. The number of carbonyl (C=O) groups is 2. The lowest BCUT2D eigenvalue weighted by molar-refractivity contribution is -0.139. The van der Waals surface area contributed by atoms with Crippen LogP contribution in [0.15, 0.2) is 41.9 Å². The van der Waals surface area contributed by atoms with E-state index in [0.717, 1.165) is 23.4 Å². The summed E-state index contributed by atoms with van der Waals surface area (Å²) in [5.41, 5.74) is 0.349. The lowest BCUT2D eigenvalue weighted by Crippen LogP contribution is -2.64. The zero-order valence-electron chi connectivity index (χ0n) is 15.8. The first-order chi connectivity index (χ1) is 13.0. The Morgan fingerprint density at radius 2 is 2.19 bits per heavy atom. The zero-order valence-corrected chi connectivity index (χ0v) is 16.6. The fraction of sp³-hybridized carbons (Fsp3) is 0.450. The van der Waals surface area contributed by atoms with Crippen molar-refractivity contribution >= 4 is 23.2 Å². The Kier molecular flexibility index (Phi) is 6.23. The van der Waals surface area contributed by atoms with Crippen LogP contribution in [0.5, 0.6) is 0 Å². The van der Waals surface area contributed by atoms with Gasteiger partial charge in [0.15, 0.2) is 0 Å². The van der Waals surface area contributed by atoms with Gasteiger partial charge in [-0.15, -0.1) is 11.3 Å². The molecular weight excluding hydrogens is 360 g/mol. The fourth-order valence-corrected chi connectivity index (χ4v) is 4.30. The van der Waals surface area contributed by atoms with Crippen molar-refractivity contribution in [2.45, 2.75) is 38.3 Å². The molecule has 3 rings (SSSR count). The van der Waals surface area contributed by atoms with Gasteiger partial charge in [0, 0.05) is 24.7 Å². The van der Waals surface area contributed by atoms with Gasteiger partial charge in [-0.2, -0.15) is 0 Å². The Hall–Kier alpha value is -2.25. The first-order valence-electron chi connectivity index (χ1n) is 9.31. The van der Waals surface area contributed by atoms with E-state index in [1.54, 1.807) is 6.20 Å². The molecule has 2 heterocycles. The van der Waals surface area contributed by atoms with Crippen molar-refractivity contribution in [1.82, 2.24) is 20.5 Å². The van der Waals surface area contributed by atoms with E-state index in [-0.39, 0.29) is 24.4 Å². The van der Waals surface area contributed by atoms with Crippen molar-refractivity contribution in [2.75, 3.05) is 19.6 Å². The van der Waals surface area contributed by atoms with Gasteiger partial charge in [-0.25, -0.2) is 4.98 Å². The highest BCUT2D eigenvalue weighted by Gasteiger charge is 2.42. The summed E-state index contributed by atoms with van der Waals surface area (Å²) in [6.45, 7) is 5.41. The zero-order chi connectivity index (χ0) is 19.3. The molecule has 0 radical (unpaired) electrons. The number of rotatable bonds is 7. The predicted octanol–water partition coefficient (Wildman–Crippen LogP) is 2.34. The third kappa shape index (κ3) is 4.36. The van der Waals surface area contributed by atoms with Crippen molar-refractivity contribution in [1.29, 1.82) is 0 Å². The Labute approximate surface area is 164 Å². The minimum absolute atomic E-state index is 0.00272. The highest BCUT2D eigenvalue weighted by molar-refractivity contribution is 7.09. The van der Waals surface area contributed by atoms with Gasteiger partial charge >= 0.3 is 0 Å². The second-order valence-corrected chi connectivity index (χ2v) is 7.91. The number of piperazine rings is 1. The molecule has 2 aromatic rings. The predicted molar refractivity (Wildman–Crippen MR) is 106 cm³/mol. The Bertz CT molecular complexity index is 766. The summed E-state index contributed by atoms with van der Waals surface area (Å²) in [7, 11) is 0. The molecule has 1 aromatic heterocycles. The lowest BCUT2D eigenvalue weighted by Gasteiger charge is -2.43. The van der Waals surface area contributed by atoms with E-state index in [4.69, 9.17) is 0 Å². The van der Waals surface area contributed by atoms with Crippen LogP contribution < -0.4 is 10.6 Å². The quantitative estimate of drug-likeness (QED) is 0.766. The molecule has 2 amide bonds. The van der Waals surface area contributed by atoms with Gasteiger partial charge in [-0.1, -0.05) is 43.7 Å². The molecule has 1 saturated heterocycles. The van der Waals surface area contributed by atoms with Gasteiger partial charge < -0.3 is 10.6 Å². The van der Waals surface area contributed by atoms with Crippen LogP contribution >= 0.6 is 11.3 Å². The minimum atomic E-state index is -0.645. The molecule has 1 aliphatic rings. The summed E-state index contributed by atoms with van der Waals surface area (Å²) in [5, 5.41) is 8.80. The summed E-state index contributed by atoms with van der Waals surface area (Å²) in [5.74, 6) is -0.0981. The van der Waals surface area contributed by atoms with Crippen molar-refractivity contribution in [2.24, 2.45) is 0 Å². The largest absolute Gasteiger partial charge is 0.353 e. The summed E-state index contributed by atoms with van der Waals surface area (Å²) >= 11 is 1.52. The van der Waals surface area contributed by atoms with Crippen LogP contribution in [0.4, 0.5) is 0 Å². The molecule has 27 heavy (non-hydrogen) atoms. The summed E-state index contributed by atoms with van der Waals surface area (Å²) in [6, 6.07) is 9.55. The lowest BCUT2D eigenvalue weighted by atomic mass is 9.90. The molecule has 6 nitrogen and oxygen atoms in total. The second kappa shape index (κ2) is 8.63. The van der Waals surface area contributed by atoms with Crippen LogP contribution in [0.3, 0.4) is 0 Å². The third-order valence-corrected chi connectivity index (χ3v) is 5.90. The molecule has 144 valence electrons. The van der Waals surface area contributed by atoms with Crippen LogP contribution in [-0.4, -0.2) is 46.9 Å². The summed E-state index contributed by atoms with van der Waals surface area (Å²) in [4.78, 5) is 31.7. The van der Waals surface area contributed by atoms with Gasteiger partial charge in [-0.05, 0) is 18.9 Å². The number of nitrogens with zero attached hydrogens (tertiary/aromatic N) is 2. The van der Waals surface area contributed by atoms with Crippen molar-refractivity contribution in [3.63, 3.8) is 0 Å². The number of hydrogen-bond donors (Lipinski definition) is 2. The molecule has 1 fully saturated rings. The maximum atomic E-state index is 12.9. The maximum absolute atomic E-state index is 12.9. The van der Waals surface area contributed by atoms with Crippen molar-refractivity contribution in [3.8, 4) is 0 Å². The molecule has 0 spiro atoms. The number of carbonyl (C=O) groups excluding carboxylic acids is 2. The van der Waals surface area contributed by atoms with Gasteiger partial charge in [-0.3, -0.25) is 14.5 Å². The minimum Gasteiger partial charge on any atom is -0.353 e. The van der Waals surface area contributed by atoms with Crippen LogP contribution in [-0.2, 0) is 9.59 Å². The number of aromatic nitrogens is 1. The van der Waals surface area contributed by atoms with E-state index < -0.39 is 5.54 Å².